The summed E-state index contributed by atoms with van der Waals surface area (Å²) in [6.07, 6.45) is 3.16. The van der Waals surface area contributed by atoms with Gasteiger partial charge in [-0.2, -0.15) is 0 Å². The SMILES string of the molecule is O=C(O)C[C@H]1C2C[C@@H]3C1[C@@H]3C2. The first kappa shape index (κ1) is 6.04. The molecule has 0 radical (unpaired) electrons. The number of rotatable bonds is 2. The highest BCUT2D eigenvalue weighted by atomic mass is 16.4. The van der Waals surface area contributed by atoms with Gasteiger partial charge in [-0.15, -0.1) is 0 Å². The summed E-state index contributed by atoms with van der Waals surface area (Å²) < 4.78 is 0. The molecule has 2 heteroatoms. The van der Waals surface area contributed by atoms with Crippen molar-refractivity contribution in [1.29, 1.82) is 0 Å². The van der Waals surface area contributed by atoms with Crippen LogP contribution in [0.3, 0.4) is 0 Å². The summed E-state index contributed by atoms with van der Waals surface area (Å²) in [5, 5.41) is 8.65. The summed E-state index contributed by atoms with van der Waals surface area (Å²) in [5.41, 5.74) is 0. The number of hydrogen-bond acceptors (Lipinski definition) is 1. The van der Waals surface area contributed by atoms with E-state index in [0.717, 1.165) is 23.7 Å². The molecule has 4 aliphatic carbocycles. The van der Waals surface area contributed by atoms with Crippen LogP contribution in [0.25, 0.3) is 0 Å². The fourth-order valence-electron chi connectivity index (χ4n) is 3.74. The molecule has 4 aliphatic rings. The van der Waals surface area contributed by atoms with E-state index in [1.165, 1.54) is 12.8 Å². The molecule has 0 aromatic rings. The van der Waals surface area contributed by atoms with Crippen LogP contribution < -0.4 is 0 Å². The molecule has 1 N–H and O–H groups in total. The highest BCUT2D eigenvalue weighted by Gasteiger charge is 2.68. The van der Waals surface area contributed by atoms with E-state index >= 15 is 0 Å². The minimum absolute atomic E-state index is 0.447. The molecule has 11 heavy (non-hydrogen) atoms. The van der Waals surface area contributed by atoms with Gasteiger partial charge in [-0.05, 0) is 42.4 Å². The molecule has 0 aromatic carbocycles. The quantitative estimate of drug-likeness (QED) is 0.648. The smallest absolute Gasteiger partial charge is 0.303 e. The van der Waals surface area contributed by atoms with Crippen molar-refractivity contribution in [3.8, 4) is 0 Å². The maximum Gasteiger partial charge on any atom is 0.303 e. The van der Waals surface area contributed by atoms with E-state index in [9.17, 15) is 4.79 Å². The van der Waals surface area contributed by atoms with Gasteiger partial charge in [0.1, 0.15) is 0 Å². The molecule has 60 valence electrons. The van der Waals surface area contributed by atoms with Crippen molar-refractivity contribution in [3.63, 3.8) is 0 Å². The molecule has 0 amide bonds. The third kappa shape index (κ3) is 0.608. The van der Waals surface area contributed by atoms with Crippen LogP contribution in [0.5, 0.6) is 0 Å². The molecular weight excluding hydrogens is 140 g/mol. The van der Waals surface area contributed by atoms with Crippen LogP contribution in [0, 0.1) is 29.6 Å². The highest BCUT2D eigenvalue weighted by molar-refractivity contribution is 5.67. The minimum atomic E-state index is -0.590. The van der Waals surface area contributed by atoms with E-state index in [1.54, 1.807) is 0 Å². The maximum atomic E-state index is 10.5. The van der Waals surface area contributed by atoms with Crippen LogP contribution >= 0.6 is 0 Å². The number of carbonyl (C=O) groups is 1. The fraction of sp³-hybridized carbons (Fsp3) is 0.889. The average Bonchev–Trinajstić information content (AvgIpc) is 2.30. The lowest BCUT2D eigenvalue weighted by Crippen LogP contribution is -2.10. The van der Waals surface area contributed by atoms with Gasteiger partial charge in [-0.1, -0.05) is 0 Å². The van der Waals surface area contributed by atoms with Gasteiger partial charge in [0.25, 0.3) is 0 Å². The van der Waals surface area contributed by atoms with E-state index < -0.39 is 5.97 Å². The summed E-state index contributed by atoms with van der Waals surface area (Å²) in [6, 6.07) is 0. The Balaban J connectivity index is 1.77. The van der Waals surface area contributed by atoms with Crippen LogP contribution in [0.15, 0.2) is 0 Å². The maximum absolute atomic E-state index is 10.5. The Hall–Kier alpha value is -0.530. The van der Waals surface area contributed by atoms with Gasteiger partial charge in [0.05, 0.1) is 0 Å². The molecule has 0 spiro atoms. The number of hydrogen-bond donors (Lipinski definition) is 1. The Morgan fingerprint density at radius 1 is 1.36 bits per heavy atom. The first-order chi connectivity index (χ1) is 5.27. The first-order valence-corrected chi connectivity index (χ1v) is 4.49. The minimum Gasteiger partial charge on any atom is -0.481 e. The van der Waals surface area contributed by atoms with Gasteiger partial charge in [0.2, 0.25) is 0 Å². The van der Waals surface area contributed by atoms with E-state index in [0.29, 0.717) is 12.3 Å². The van der Waals surface area contributed by atoms with E-state index in [4.69, 9.17) is 5.11 Å². The molecule has 0 aliphatic heterocycles. The van der Waals surface area contributed by atoms with Gasteiger partial charge in [0.15, 0.2) is 0 Å². The molecule has 0 heterocycles. The fourth-order valence-corrected chi connectivity index (χ4v) is 3.74. The Morgan fingerprint density at radius 2 is 2.00 bits per heavy atom. The number of carboxylic acid groups (broad SMARTS) is 1. The lowest BCUT2D eigenvalue weighted by atomic mass is 9.95. The zero-order valence-corrected chi connectivity index (χ0v) is 6.36. The predicted octanol–water partition coefficient (Wildman–Crippen LogP) is 1.36. The van der Waals surface area contributed by atoms with Gasteiger partial charge in [0, 0.05) is 6.42 Å². The topological polar surface area (TPSA) is 37.3 Å². The highest BCUT2D eigenvalue weighted by Crippen LogP contribution is 2.73. The Kier molecular flexibility index (Phi) is 0.890. The molecule has 2 unspecified atom stereocenters. The van der Waals surface area contributed by atoms with E-state index in [-0.39, 0.29) is 0 Å². The van der Waals surface area contributed by atoms with E-state index in [1.807, 2.05) is 0 Å². The molecule has 2 nitrogen and oxygen atoms in total. The summed E-state index contributed by atoms with van der Waals surface area (Å²) >= 11 is 0. The lowest BCUT2D eigenvalue weighted by molar-refractivity contribution is -0.138. The Morgan fingerprint density at radius 3 is 2.36 bits per heavy atom. The third-order valence-corrected chi connectivity index (χ3v) is 4.06. The van der Waals surface area contributed by atoms with Crippen LogP contribution in [-0.4, -0.2) is 11.1 Å². The third-order valence-electron chi connectivity index (χ3n) is 4.06. The van der Waals surface area contributed by atoms with Crippen molar-refractivity contribution in [2.45, 2.75) is 19.3 Å². The molecule has 5 atom stereocenters. The molecule has 4 bridgehead atoms. The van der Waals surface area contributed by atoms with Crippen molar-refractivity contribution in [2.24, 2.45) is 29.6 Å². The normalized spacial score (nSPS) is 56.5. The van der Waals surface area contributed by atoms with Gasteiger partial charge >= 0.3 is 5.97 Å². The average molecular weight is 152 g/mol. The summed E-state index contributed by atoms with van der Waals surface area (Å²) in [7, 11) is 0. The standard InChI is InChI=1S/C9H12O2/c10-8(11)3-5-4-1-6-7(2-4)9(5)6/h4-7,9H,1-3H2,(H,10,11)/t4?,5-,6-,7+,9?/m0/s1. The zero-order chi connectivity index (χ0) is 7.59. The molecule has 0 saturated heterocycles. The van der Waals surface area contributed by atoms with Crippen molar-refractivity contribution in [2.75, 3.05) is 0 Å². The molecule has 4 saturated carbocycles. The van der Waals surface area contributed by atoms with Crippen molar-refractivity contribution < 1.29 is 9.90 Å². The zero-order valence-electron chi connectivity index (χ0n) is 6.36. The van der Waals surface area contributed by atoms with E-state index in [2.05, 4.69) is 0 Å². The summed E-state index contributed by atoms with van der Waals surface area (Å²) in [5.74, 6) is 3.55. The molecule has 4 fully saturated rings. The van der Waals surface area contributed by atoms with Crippen LogP contribution in [-0.2, 0) is 4.79 Å². The second kappa shape index (κ2) is 1.62. The predicted molar refractivity (Wildman–Crippen MR) is 38.9 cm³/mol. The Bertz CT molecular complexity index is 210. The van der Waals surface area contributed by atoms with Crippen molar-refractivity contribution in [3.05, 3.63) is 0 Å². The largest absolute Gasteiger partial charge is 0.481 e. The van der Waals surface area contributed by atoms with Crippen molar-refractivity contribution >= 4 is 5.97 Å². The second-order valence-corrected chi connectivity index (χ2v) is 4.40. The van der Waals surface area contributed by atoms with Crippen LogP contribution in [0.1, 0.15) is 19.3 Å². The first-order valence-electron chi connectivity index (χ1n) is 4.49. The molecule has 0 aromatic heterocycles. The summed E-state index contributed by atoms with van der Waals surface area (Å²) in [4.78, 5) is 10.5. The lowest BCUT2D eigenvalue weighted by Gasteiger charge is -2.10. The monoisotopic (exact) mass is 152 g/mol. The Labute approximate surface area is 65.6 Å². The summed E-state index contributed by atoms with van der Waals surface area (Å²) in [6.45, 7) is 0. The second-order valence-electron chi connectivity index (χ2n) is 4.40. The van der Waals surface area contributed by atoms with Crippen LogP contribution in [0.2, 0.25) is 0 Å². The van der Waals surface area contributed by atoms with Gasteiger partial charge < -0.3 is 5.11 Å². The molecular formula is C9H12O2. The molecule has 4 rings (SSSR count). The van der Waals surface area contributed by atoms with Crippen molar-refractivity contribution in [1.82, 2.24) is 0 Å². The van der Waals surface area contributed by atoms with Gasteiger partial charge in [-0.25, -0.2) is 0 Å². The van der Waals surface area contributed by atoms with Crippen LogP contribution in [0.4, 0.5) is 0 Å². The van der Waals surface area contributed by atoms with Gasteiger partial charge in [-0.3, -0.25) is 4.79 Å². The number of carboxylic acids is 1. The number of aliphatic carboxylic acids is 1.